The lowest BCUT2D eigenvalue weighted by Gasteiger charge is -2.42. The lowest BCUT2D eigenvalue weighted by atomic mass is 9.88. The van der Waals surface area contributed by atoms with E-state index in [-0.39, 0.29) is 38.5 Å². The van der Waals surface area contributed by atoms with Gasteiger partial charge >= 0.3 is 12.2 Å². The monoisotopic (exact) mass is 465 g/mol. The number of nitrogens with zero attached hydrogens (tertiary/aromatic N) is 1. The van der Waals surface area contributed by atoms with E-state index in [1.54, 1.807) is 20.8 Å². The molecular formula is C26H29N2O6-. The molecule has 0 atom stereocenters. The van der Waals surface area contributed by atoms with Crippen LogP contribution in [0.3, 0.4) is 0 Å². The molecule has 2 aromatic carbocycles. The van der Waals surface area contributed by atoms with Crippen LogP contribution in [0.4, 0.5) is 9.59 Å². The van der Waals surface area contributed by atoms with Crippen molar-refractivity contribution in [2.24, 2.45) is 0 Å². The molecule has 4 rings (SSSR count). The third-order valence-corrected chi connectivity index (χ3v) is 6.34. The zero-order chi connectivity index (χ0) is 24.5. The Hall–Kier alpha value is -3.55. The molecule has 2 aromatic rings. The highest BCUT2D eigenvalue weighted by Crippen LogP contribution is 2.44. The average Bonchev–Trinajstić information content (AvgIpc) is 3.10. The molecule has 8 heteroatoms. The van der Waals surface area contributed by atoms with Gasteiger partial charge in [0.25, 0.3) is 0 Å². The van der Waals surface area contributed by atoms with Gasteiger partial charge in [0.05, 0.1) is 11.5 Å². The summed E-state index contributed by atoms with van der Waals surface area (Å²) in [6, 6.07) is 15.9. The Morgan fingerprint density at radius 3 is 2.03 bits per heavy atom. The fourth-order valence-corrected chi connectivity index (χ4v) is 4.61. The highest BCUT2D eigenvalue weighted by molar-refractivity contribution is 5.84. The van der Waals surface area contributed by atoms with E-state index in [1.807, 2.05) is 48.5 Å². The molecule has 34 heavy (non-hydrogen) atoms. The van der Waals surface area contributed by atoms with Gasteiger partial charge in [0.2, 0.25) is 0 Å². The van der Waals surface area contributed by atoms with Crippen molar-refractivity contribution in [2.45, 2.75) is 50.7 Å². The Kier molecular flexibility index (Phi) is 6.25. The highest BCUT2D eigenvalue weighted by Gasteiger charge is 2.40. The summed E-state index contributed by atoms with van der Waals surface area (Å²) in [7, 11) is 0. The van der Waals surface area contributed by atoms with Crippen LogP contribution in [0.5, 0.6) is 0 Å². The number of likely N-dealkylation sites (tertiary alicyclic amines) is 1. The Morgan fingerprint density at radius 2 is 1.53 bits per heavy atom. The number of piperidine rings is 1. The van der Waals surface area contributed by atoms with Crippen molar-refractivity contribution in [2.75, 3.05) is 19.7 Å². The first kappa shape index (κ1) is 23.6. The quantitative estimate of drug-likeness (QED) is 0.744. The van der Waals surface area contributed by atoms with Gasteiger partial charge in [-0.3, -0.25) is 0 Å². The van der Waals surface area contributed by atoms with Crippen LogP contribution in [0, 0.1) is 0 Å². The molecule has 2 aliphatic rings. The number of benzene rings is 2. The minimum Gasteiger partial charge on any atom is -0.548 e. The summed E-state index contributed by atoms with van der Waals surface area (Å²) in [5, 5.41) is 14.5. The summed E-state index contributed by atoms with van der Waals surface area (Å²) in [4.78, 5) is 38.4. The molecule has 1 fully saturated rings. The van der Waals surface area contributed by atoms with E-state index in [9.17, 15) is 19.5 Å². The van der Waals surface area contributed by atoms with Gasteiger partial charge in [-0.05, 0) is 55.9 Å². The number of amides is 2. The summed E-state index contributed by atoms with van der Waals surface area (Å²) in [5.74, 6) is -1.53. The fourth-order valence-electron chi connectivity index (χ4n) is 4.61. The Bertz CT molecular complexity index is 1050. The van der Waals surface area contributed by atoms with Crippen LogP contribution in [0.2, 0.25) is 0 Å². The minimum atomic E-state index is -1.61. The fraction of sp³-hybridized carbons (Fsp3) is 0.423. The van der Waals surface area contributed by atoms with Gasteiger partial charge in [0, 0.05) is 19.0 Å². The van der Waals surface area contributed by atoms with E-state index in [2.05, 4.69) is 5.32 Å². The molecule has 0 unspecified atom stereocenters. The number of carboxylic acids is 1. The summed E-state index contributed by atoms with van der Waals surface area (Å²) in [6.45, 7) is 5.60. The van der Waals surface area contributed by atoms with E-state index in [1.165, 1.54) is 4.90 Å². The summed E-state index contributed by atoms with van der Waals surface area (Å²) in [6.07, 6.45) is -1.34. The first-order valence-electron chi connectivity index (χ1n) is 11.4. The lowest BCUT2D eigenvalue weighted by molar-refractivity contribution is -0.315. The molecule has 1 N–H and O–H groups in total. The number of nitrogens with one attached hydrogen (secondary N) is 1. The maximum Gasteiger partial charge on any atom is 0.410 e. The largest absolute Gasteiger partial charge is 0.548 e. The first-order valence-corrected chi connectivity index (χ1v) is 11.4. The molecule has 2 amide bonds. The standard InChI is InChI=1S/C26H30N2O6/c1-25(2,3)34-24(32)28-14-12-26(13-15-28,22(29)30)27-23(31)33-16-21-19-10-6-4-8-17(19)18-9-5-7-11-20(18)21/h4-11,21H,12-16H2,1-3H3,(H,27,31)(H,29,30)/p-1. The van der Waals surface area contributed by atoms with E-state index in [0.717, 1.165) is 22.3 Å². The highest BCUT2D eigenvalue weighted by atomic mass is 16.6. The second kappa shape index (κ2) is 9.00. The summed E-state index contributed by atoms with van der Waals surface area (Å²) < 4.78 is 10.9. The maximum atomic E-state index is 12.7. The molecule has 1 aliphatic carbocycles. The van der Waals surface area contributed by atoms with Crippen molar-refractivity contribution in [3.63, 3.8) is 0 Å². The normalized spacial score (nSPS) is 16.9. The molecule has 1 aliphatic heterocycles. The van der Waals surface area contributed by atoms with Crippen LogP contribution >= 0.6 is 0 Å². The lowest BCUT2D eigenvalue weighted by Crippen LogP contribution is -2.64. The third kappa shape index (κ3) is 4.71. The van der Waals surface area contributed by atoms with Crippen molar-refractivity contribution in [1.82, 2.24) is 10.2 Å². The van der Waals surface area contributed by atoms with Gasteiger partial charge in [0.15, 0.2) is 0 Å². The maximum absolute atomic E-state index is 12.7. The van der Waals surface area contributed by atoms with E-state index in [4.69, 9.17) is 9.47 Å². The first-order chi connectivity index (χ1) is 16.1. The number of hydrogen-bond acceptors (Lipinski definition) is 6. The molecule has 8 nitrogen and oxygen atoms in total. The van der Waals surface area contributed by atoms with Crippen LogP contribution in [0.1, 0.15) is 50.7 Å². The third-order valence-electron chi connectivity index (χ3n) is 6.34. The number of rotatable bonds is 4. The predicted molar refractivity (Wildman–Crippen MR) is 123 cm³/mol. The second-order valence-corrected chi connectivity index (χ2v) is 9.79. The number of ether oxygens (including phenoxy) is 2. The van der Waals surface area contributed by atoms with Crippen molar-refractivity contribution in [3.8, 4) is 11.1 Å². The summed E-state index contributed by atoms with van der Waals surface area (Å²) >= 11 is 0. The molecule has 0 aromatic heterocycles. The Labute approximate surface area is 198 Å². The average molecular weight is 466 g/mol. The molecule has 0 spiro atoms. The number of aliphatic carboxylic acids is 1. The van der Waals surface area contributed by atoms with Crippen molar-refractivity contribution >= 4 is 18.2 Å². The van der Waals surface area contributed by atoms with Crippen LogP contribution in [-0.4, -0.2) is 53.9 Å². The van der Waals surface area contributed by atoms with Gasteiger partial charge in [-0.1, -0.05) is 48.5 Å². The van der Waals surface area contributed by atoms with E-state index in [0.29, 0.717) is 0 Å². The van der Waals surface area contributed by atoms with Crippen LogP contribution in [0.15, 0.2) is 48.5 Å². The van der Waals surface area contributed by atoms with Crippen LogP contribution in [0.25, 0.3) is 11.1 Å². The molecule has 180 valence electrons. The zero-order valence-corrected chi connectivity index (χ0v) is 19.6. The summed E-state index contributed by atoms with van der Waals surface area (Å²) in [5.41, 5.74) is 2.08. The molecule has 0 radical (unpaired) electrons. The Morgan fingerprint density at radius 1 is 1.00 bits per heavy atom. The predicted octanol–water partition coefficient (Wildman–Crippen LogP) is 3.04. The molecular weight excluding hydrogens is 436 g/mol. The molecule has 0 bridgehead atoms. The zero-order valence-electron chi connectivity index (χ0n) is 19.6. The van der Waals surface area contributed by atoms with Crippen LogP contribution < -0.4 is 10.4 Å². The number of alkyl carbamates (subject to hydrolysis) is 1. The van der Waals surface area contributed by atoms with Gasteiger partial charge < -0.3 is 29.6 Å². The van der Waals surface area contributed by atoms with Crippen molar-refractivity contribution in [3.05, 3.63) is 59.7 Å². The number of carbonyl (C=O) groups excluding carboxylic acids is 3. The number of carboxylic acid groups (broad SMARTS) is 1. The van der Waals surface area contributed by atoms with Gasteiger partial charge in [-0.15, -0.1) is 0 Å². The molecule has 0 saturated carbocycles. The Balaban J connectivity index is 1.39. The number of carbonyl (C=O) groups is 3. The van der Waals surface area contributed by atoms with Gasteiger partial charge in [0.1, 0.15) is 12.2 Å². The second-order valence-electron chi connectivity index (χ2n) is 9.79. The minimum absolute atomic E-state index is 0.00122. The molecule has 1 heterocycles. The van der Waals surface area contributed by atoms with Gasteiger partial charge in [-0.2, -0.15) is 0 Å². The number of hydrogen-bond donors (Lipinski definition) is 1. The van der Waals surface area contributed by atoms with Crippen molar-refractivity contribution in [1.29, 1.82) is 0 Å². The van der Waals surface area contributed by atoms with Crippen LogP contribution in [-0.2, 0) is 14.3 Å². The SMILES string of the molecule is CC(C)(C)OC(=O)N1CCC(NC(=O)OCC2c3ccccc3-c3ccccc32)(C(=O)[O-])CC1. The topological polar surface area (TPSA) is 108 Å². The van der Waals surface area contributed by atoms with Crippen molar-refractivity contribution < 1.29 is 29.0 Å². The smallest absolute Gasteiger partial charge is 0.410 e. The van der Waals surface area contributed by atoms with E-state index >= 15 is 0 Å². The van der Waals surface area contributed by atoms with Gasteiger partial charge in [-0.25, -0.2) is 9.59 Å². The van der Waals surface area contributed by atoms with E-state index < -0.39 is 29.3 Å². The number of fused-ring (bicyclic) bond motifs is 3. The molecule has 1 saturated heterocycles.